The summed E-state index contributed by atoms with van der Waals surface area (Å²) < 4.78 is 0. The minimum atomic E-state index is -1.11. The van der Waals surface area contributed by atoms with Crippen LogP contribution in [0, 0.1) is 0 Å². The lowest BCUT2D eigenvalue weighted by Gasteiger charge is -2.10. The molecule has 0 atom stereocenters. The Labute approximate surface area is 190 Å². The third kappa shape index (κ3) is 8.92. The number of hydrogen-bond donors (Lipinski definition) is 3. The van der Waals surface area contributed by atoms with Crippen molar-refractivity contribution >= 4 is 29.2 Å². The van der Waals surface area contributed by atoms with Crippen LogP contribution in [-0.2, 0) is 4.79 Å². The second-order valence-electron chi connectivity index (χ2n) is 8.01. The quantitative estimate of drug-likeness (QED) is 0.293. The van der Waals surface area contributed by atoms with Crippen molar-refractivity contribution in [3.05, 3.63) is 59.7 Å². The monoisotopic (exact) mass is 438 g/mol. The van der Waals surface area contributed by atoms with E-state index in [2.05, 4.69) is 17.6 Å². The molecule has 0 radical (unpaired) electrons. The molecule has 6 nitrogen and oxygen atoms in total. The smallest absolute Gasteiger partial charge is 0.337 e. The highest BCUT2D eigenvalue weighted by Crippen LogP contribution is 2.18. The van der Waals surface area contributed by atoms with E-state index in [0.29, 0.717) is 17.7 Å². The molecule has 0 saturated heterocycles. The van der Waals surface area contributed by atoms with Crippen LogP contribution in [0.1, 0.15) is 91.8 Å². The molecular formula is C26H34N2O4. The van der Waals surface area contributed by atoms with Gasteiger partial charge in [0.25, 0.3) is 5.91 Å². The number of anilines is 2. The third-order valence-electron chi connectivity index (χ3n) is 5.32. The van der Waals surface area contributed by atoms with Crippen LogP contribution in [-0.4, -0.2) is 22.9 Å². The number of unbranched alkanes of at least 4 members (excludes halogenated alkanes) is 8. The number of para-hydroxylation sites is 1. The van der Waals surface area contributed by atoms with Crippen molar-refractivity contribution < 1.29 is 19.5 Å². The Bertz CT molecular complexity index is 895. The molecule has 0 spiro atoms. The fraction of sp³-hybridized carbons (Fsp3) is 0.423. The lowest BCUT2D eigenvalue weighted by Crippen LogP contribution is -2.16. The molecule has 3 N–H and O–H groups in total. The average molecular weight is 439 g/mol. The SMILES string of the molecule is CCCCCCCCCCCC(=O)Nc1cccc(C(=O)Nc2ccccc2C(=O)O)c1. The minimum absolute atomic E-state index is 0.0197. The van der Waals surface area contributed by atoms with E-state index in [0.717, 1.165) is 19.3 Å². The van der Waals surface area contributed by atoms with E-state index in [9.17, 15) is 19.5 Å². The van der Waals surface area contributed by atoms with Gasteiger partial charge in [0.05, 0.1) is 11.3 Å². The number of benzene rings is 2. The Balaban J connectivity index is 1.77. The molecule has 0 aliphatic heterocycles. The molecule has 172 valence electrons. The van der Waals surface area contributed by atoms with Crippen LogP contribution >= 0.6 is 0 Å². The molecule has 6 heteroatoms. The summed E-state index contributed by atoms with van der Waals surface area (Å²) in [4.78, 5) is 36.1. The zero-order chi connectivity index (χ0) is 23.2. The van der Waals surface area contributed by atoms with Crippen LogP contribution in [0.4, 0.5) is 11.4 Å². The fourth-order valence-corrected chi connectivity index (χ4v) is 3.53. The van der Waals surface area contributed by atoms with Gasteiger partial charge >= 0.3 is 5.97 Å². The van der Waals surface area contributed by atoms with Gasteiger partial charge in [-0.05, 0) is 36.8 Å². The third-order valence-corrected chi connectivity index (χ3v) is 5.32. The largest absolute Gasteiger partial charge is 0.478 e. The van der Waals surface area contributed by atoms with Crippen molar-refractivity contribution in [2.45, 2.75) is 71.1 Å². The number of carbonyl (C=O) groups is 3. The van der Waals surface area contributed by atoms with Gasteiger partial charge in [0.1, 0.15) is 0 Å². The molecule has 0 aromatic heterocycles. The standard InChI is InChI=1S/C26H34N2O4/c1-2-3-4-5-6-7-8-9-10-18-24(29)27-21-15-13-14-20(19-21)25(30)28-23-17-12-11-16-22(23)26(31)32/h11-17,19H,2-10,18H2,1H3,(H,27,29)(H,28,30)(H,31,32). The number of rotatable bonds is 14. The van der Waals surface area contributed by atoms with E-state index >= 15 is 0 Å². The molecule has 0 unspecified atom stereocenters. The number of carboxylic acid groups (broad SMARTS) is 1. The van der Waals surface area contributed by atoms with Crippen molar-refractivity contribution in [2.75, 3.05) is 10.6 Å². The van der Waals surface area contributed by atoms with Gasteiger partial charge in [-0.3, -0.25) is 9.59 Å². The summed E-state index contributed by atoms with van der Waals surface area (Å²) in [5, 5.41) is 14.7. The van der Waals surface area contributed by atoms with Gasteiger partial charge in [-0.15, -0.1) is 0 Å². The molecule has 0 heterocycles. The predicted molar refractivity (Wildman–Crippen MR) is 128 cm³/mol. The van der Waals surface area contributed by atoms with Gasteiger partial charge in [-0.25, -0.2) is 4.79 Å². The fourth-order valence-electron chi connectivity index (χ4n) is 3.53. The number of carboxylic acids is 1. The highest BCUT2D eigenvalue weighted by Gasteiger charge is 2.13. The molecule has 0 aliphatic rings. The molecule has 0 bridgehead atoms. The maximum absolute atomic E-state index is 12.6. The zero-order valence-corrected chi connectivity index (χ0v) is 18.9. The molecule has 2 aromatic rings. The van der Waals surface area contributed by atoms with E-state index in [-0.39, 0.29) is 17.2 Å². The molecule has 0 aliphatic carbocycles. The number of carbonyl (C=O) groups excluding carboxylic acids is 2. The number of hydrogen-bond acceptors (Lipinski definition) is 3. The molecular weight excluding hydrogens is 404 g/mol. The normalized spacial score (nSPS) is 10.5. The average Bonchev–Trinajstić information content (AvgIpc) is 2.78. The van der Waals surface area contributed by atoms with Gasteiger partial charge in [0.15, 0.2) is 0 Å². The Hall–Kier alpha value is -3.15. The summed E-state index contributed by atoms with van der Waals surface area (Å²) in [6.07, 6.45) is 11.2. The van der Waals surface area contributed by atoms with Crippen molar-refractivity contribution in [2.24, 2.45) is 0 Å². The summed E-state index contributed by atoms with van der Waals surface area (Å²) in [5.41, 5.74) is 1.13. The molecule has 2 rings (SSSR count). The Morgan fingerprint density at radius 3 is 2.12 bits per heavy atom. The van der Waals surface area contributed by atoms with Crippen LogP contribution < -0.4 is 10.6 Å². The summed E-state index contributed by atoms with van der Waals surface area (Å²) in [6, 6.07) is 12.9. The molecule has 2 aromatic carbocycles. The number of nitrogens with one attached hydrogen (secondary N) is 2. The highest BCUT2D eigenvalue weighted by atomic mass is 16.4. The second-order valence-corrected chi connectivity index (χ2v) is 8.01. The summed E-state index contributed by atoms with van der Waals surface area (Å²) in [7, 11) is 0. The maximum atomic E-state index is 12.6. The van der Waals surface area contributed by atoms with Gasteiger partial charge in [0, 0.05) is 17.7 Å². The Kier molecular flexibility index (Phi) is 11.0. The van der Waals surface area contributed by atoms with E-state index < -0.39 is 11.9 Å². The molecule has 0 fully saturated rings. The van der Waals surface area contributed by atoms with Crippen molar-refractivity contribution in [1.82, 2.24) is 0 Å². The number of amides is 2. The van der Waals surface area contributed by atoms with E-state index in [4.69, 9.17) is 0 Å². The topological polar surface area (TPSA) is 95.5 Å². The summed E-state index contributed by atoms with van der Waals surface area (Å²) in [5.74, 6) is -1.62. The maximum Gasteiger partial charge on any atom is 0.337 e. The number of aromatic carboxylic acids is 1. The van der Waals surface area contributed by atoms with Gasteiger partial charge < -0.3 is 15.7 Å². The first kappa shape index (κ1) is 25.1. The lowest BCUT2D eigenvalue weighted by atomic mass is 10.1. The first-order valence-corrected chi connectivity index (χ1v) is 11.5. The van der Waals surface area contributed by atoms with Crippen LogP contribution in [0.5, 0.6) is 0 Å². The van der Waals surface area contributed by atoms with Crippen LogP contribution in [0.25, 0.3) is 0 Å². The van der Waals surface area contributed by atoms with E-state index in [1.807, 2.05) is 0 Å². The predicted octanol–water partition coefficient (Wildman–Crippen LogP) is 6.50. The van der Waals surface area contributed by atoms with Crippen molar-refractivity contribution in [3.63, 3.8) is 0 Å². The van der Waals surface area contributed by atoms with Crippen LogP contribution in [0.2, 0.25) is 0 Å². The first-order valence-electron chi connectivity index (χ1n) is 11.5. The first-order chi connectivity index (χ1) is 15.5. The Morgan fingerprint density at radius 1 is 0.781 bits per heavy atom. The van der Waals surface area contributed by atoms with E-state index in [1.165, 1.54) is 50.7 Å². The van der Waals surface area contributed by atoms with Crippen LogP contribution in [0.15, 0.2) is 48.5 Å². The van der Waals surface area contributed by atoms with Crippen LogP contribution in [0.3, 0.4) is 0 Å². The van der Waals surface area contributed by atoms with Gasteiger partial charge in [0.2, 0.25) is 5.91 Å². The Morgan fingerprint density at radius 2 is 1.44 bits per heavy atom. The minimum Gasteiger partial charge on any atom is -0.478 e. The molecule has 0 saturated carbocycles. The van der Waals surface area contributed by atoms with Gasteiger partial charge in [-0.2, -0.15) is 0 Å². The van der Waals surface area contributed by atoms with Crippen molar-refractivity contribution in [1.29, 1.82) is 0 Å². The highest BCUT2D eigenvalue weighted by molar-refractivity contribution is 6.08. The summed E-state index contributed by atoms with van der Waals surface area (Å²) in [6.45, 7) is 2.22. The van der Waals surface area contributed by atoms with E-state index in [1.54, 1.807) is 36.4 Å². The lowest BCUT2D eigenvalue weighted by molar-refractivity contribution is -0.116. The van der Waals surface area contributed by atoms with Crippen molar-refractivity contribution in [3.8, 4) is 0 Å². The second kappa shape index (κ2) is 14.0. The zero-order valence-electron chi connectivity index (χ0n) is 18.9. The summed E-state index contributed by atoms with van der Waals surface area (Å²) >= 11 is 0. The molecule has 2 amide bonds. The molecule has 32 heavy (non-hydrogen) atoms. The van der Waals surface area contributed by atoms with Gasteiger partial charge in [-0.1, -0.05) is 76.5 Å².